The topological polar surface area (TPSA) is 49.3 Å². The van der Waals surface area contributed by atoms with Crippen LogP contribution in [0.2, 0.25) is 0 Å². The zero-order valence-electron chi connectivity index (χ0n) is 12.1. The summed E-state index contributed by atoms with van der Waals surface area (Å²) >= 11 is 0. The average Bonchev–Trinajstić information content (AvgIpc) is 2.55. The number of para-hydroxylation sites is 1. The Morgan fingerprint density at radius 2 is 1.64 bits per heavy atom. The number of carbonyl (C=O) groups is 1. The van der Waals surface area contributed by atoms with Gasteiger partial charge in [-0.2, -0.15) is 0 Å². The molecule has 3 nitrogen and oxygen atoms in total. The van der Waals surface area contributed by atoms with Crippen molar-refractivity contribution in [3.8, 4) is 5.75 Å². The minimum absolute atomic E-state index is 0.00478. The number of nitrogens with one attached hydrogen (secondary N) is 1. The Morgan fingerprint density at radius 3 is 2.50 bits per heavy atom. The molecular formula is C19H17NO2. The third kappa shape index (κ3) is 2.93. The highest BCUT2D eigenvalue weighted by Crippen LogP contribution is 2.19. The first kappa shape index (κ1) is 14.1. The van der Waals surface area contributed by atoms with E-state index < -0.39 is 0 Å². The molecule has 0 bridgehead atoms. The van der Waals surface area contributed by atoms with Crippen molar-refractivity contribution >= 4 is 16.7 Å². The van der Waals surface area contributed by atoms with Gasteiger partial charge >= 0.3 is 0 Å². The first-order chi connectivity index (χ1) is 10.8. The molecule has 1 amide bonds. The largest absolute Gasteiger partial charge is 0.507 e. The van der Waals surface area contributed by atoms with E-state index in [0.717, 1.165) is 6.42 Å². The van der Waals surface area contributed by atoms with Crippen LogP contribution in [0.5, 0.6) is 5.75 Å². The number of rotatable bonds is 4. The number of carbonyl (C=O) groups excluding carboxylic acids is 1. The summed E-state index contributed by atoms with van der Waals surface area (Å²) in [5.74, 6) is -0.247. The fraction of sp³-hybridized carbons (Fsp3) is 0.105. The van der Waals surface area contributed by atoms with Crippen LogP contribution in [0.4, 0.5) is 0 Å². The van der Waals surface area contributed by atoms with Gasteiger partial charge < -0.3 is 10.4 Å². The molecule has 0 heterocycles. The third-order valence-electron chi connectivity index (χ3n) is 3.71. The molecule has 0 aliphatic carbocycles. The molecule has 110 valence electrons. The van der Waals surface area contributed by atoms with Crippen LogP contribution in [0.25, 0.3) is 10.8 Å². The highest BCUT2D eigenvalue weighted by molar-refractivity contribution is 5.96. The Hall–Kier alpha value is -2.81. The van der Waals surface area contributed by atoms with E-state index in [4.69, 9.17) is 0 Å². The molecule has 0 aliphatic heterocycles. The molecule has 0 spiro atoms. The molecule has 0 aliphatic rings. The number of hydrogen-bond donors (Lipinski definition) is 2. The Labute approximate surface area is 129 Å². The monoisotopic (exact) mass is 291 g/mol. The van der Waals surface area contributed by atoms with E-state index in [-0.39, 0.29) is 11.7 Å². The van der Waals surface area contributed by atoms with Crippen LogP contribution in [0, 0.1) is 0 Å². The molecule has 3 heteroatoms. The van der Waals surface area contributed by atoms with E-state index >= 15 is 0 Å². The lowest BCUT2D eigenvalue weighted by Crippen LogP contribution is -2.25. The average molecular weight is 291 g/mol. The van der Waals surface area contributed by atoms with Crippen molar-refractivity contribution in [2.75, 3.05) is 6.54 Å². The van der Waals surface area contributed by atoms with E-state index in [1.165, 1.54) is 22.4 Å². The first-order valence-electron chi connectivity index (χ1n) is 7.28. The van der Waals surface area contributed by atoms with Gasteiger partial charge in [-0.15, -0.1) is 0 Å². The summed E-state index contributed by atoms with van der Waals surface area (Å²) in [6.45, 7) is 0.529. The minimum Gasteiger partial charge on any atom is -0.507 e. The maximum Gasteiger partial charge on any atom is 0.255 e. The SMILES string of the molecule is O=C(NCCc1cccc2ccccc12)c1ccccc1O. The molecule has 0 radical (unpaired) electrons. The van der Waals surface area contributed by atoms with Gasteiger partial charge in [-0.1, -0.05) is 54.6 Å². The predicted octanol–water partition coefficient (Wildman–Crippen LogP) is 3.52. The summed E-state index contributed by atoms with van der Waals surface area (Å²) in [5, 5.41) is 14.9. The van der Waals surface area contributed by atoms with Crippen LogP contribution in [-0.4, -0.2) is 17.6 Å². The number of phenols is 1. The number of aromatic hydroxyl groups is 1. The van der Waals surface area contributed by atoms with Crippen LogP contribution < -0.4 is 5.32 Å². The van der Waals surface area contributed by atoms with Gasteiger partial charge in [0.2, 0.25) is 0 Å². The lowest BCUT2D eigenvalue weighted by molar-refractivity contribution is 0.0951. The molecule has 22 heavy (non-hydrogen) atoms. The lowest BCUT2D eigenvalue weighted by atomic mass is 10.0. The van der Waals surface area contributed by atoms with Gasteiger partial charge in [0, 0.05) is 6.54 Å². The van der Waals surface area contributed by atoms with Crippen LogP contribution in [0.1, 0.15) is 15.9 Å². The van der Waals surface area contributed by atoms with Gasteiger partial charge in [-0.05, 0) is 34.9 Å². The normalized spacial score (nSPS) is 10.5. The van der Waals surface area contributed by atoms with Gasteiger partial charge in [0.25, 0.3) is 5.91 Å². The Balaban J connectivity index is 1.68. The second-order valence-corrected chi connectivity index (χ2v) is 5.16. The molecule has 0 fully saturated rings. The molecule has 2 N–H and O–H groups in total. The van der Waals surface area contributed by atoms with Crippen LogP contribution >= 0.6 is 0 Å². The molecule has 0 atom stereocenters. The lowest BCUT2D eigenvalue weighted by Gasteiger charge is -2.09. The van der Waals surface area contributed by atoms with Gasteiger partial charge in [0.1, 0.15) is 5.75 Å². The maximum atomic E-state index is 12.0. The first-order valence-corrected chi connectivity index (χ1v) is 7.28. The maximum absolute atomic E-state index is 12.0. The van der Waals surface area contributed by atoms with Crippen molar-refractivity contribution in [3.63, 3.8) is 0 Å². The van der Waals surface area contributed by atoms with Crippen molar-refractivity contribution in [2.24, 2.45) is 0 Å². The quantitative estimate of drug-likeness (QED) is 0.772. The number of amides is 1. The molecule has 3 aromatic carbocycles. The fourth-order valence-corrected chi connectivity index (χ4v) is 2.58. The van der Waals surface area contributed by atoms with Gasteiger partial charge in [-0.3, -0.25) is 4.79 Å². The predicted molar refractivity (Wildman–Crippen MR) is 88.1 cm³/mol. The number of hydrogen-bond acceptors (Lipinski definition) is 2. The zero-order valence-corrected chi connectivity index (χ0v) is 12.1. The minimum atomic E-state index is -0.252. The van der Waals surface area contributed by atoms with Crippen LogP contribution in [0.3, 0.4) is 0 Å². The van der Waals surface area contributed by atoms with E-state index in [1.54, 1.807) is 18.2 Å². The number of phenolic OH excluding ortho intramolecular Hbond substituents is 1. The van der Waals surface area contributed by atoms with Crippen molar-refractivity contribution in [3.05, 3.63) is 77.9 Å². The van der Waals surface area contributed by atoms with Crippen molar-refractivity contribution in [1.29, 1.82) is 0 Å². The molecule has 0 saturated carbocycles. The van der Waals surface area contributed by atoms with Gasteiger partial charge in [0.15, 0.2) is 0 Å². The Morgan fingerprint density at radius 1 is 0.909 bits per heavy atom. The summed E-state index contributed by atoms with van der Waals surface area (Å²) in [4.78, 5) is 12.0. The molecule has 3 aromatic rings. The Kier molecular flexibility index (Phi) is 4.05. The fourth-order valence-electron chi connectivity index (χ4n) is 2.58. The number of fused-ring (bicyclic) bond motifs is 1. The highest BCUT2D eigenvalue weighted by atomic mass is 16.3. The zero-order chi connectivity index (χ0) is 15.4. The van der Waals surface area contributed by atoms with E-state index in [9.17, 15) is 9.90 Å². The van der Waals surface area contributed by atoms with E-state index in [2.05, 4.69) is 29.6 Å². The standard InChI is InChI=1S/C19H17NO2/c21-18-11-4-3-10-17(18)19(22)20-13-12-15-8-5-7-14-6-1-2-9-16(14)15/h1-11,21H,12-13H2,(H,20,22). The molecule has 0 saturated heterocycles. The summed E-state index contributed by atoms with van der Waals surface area (Å²) < 4.78 is 0. The number of benzene rings is 3. The summed E-state index contributed by atoms with van der Waals surface area (Å²) in [6, 6.07) is 21.0. The molecule has 0 aromatic heterocycles. The summed E-state index contributed by atoms with van der Waals surface area (Å²) in [7, 11) is 0. The second kappa shape index (κ2) is 6.31. The molecule has 3 rings (SSSR count). The third-order valence-corrected chi connectivity index (χ3v) is 3.71. The molecule has 0 unspecified atom stereocenters. The van der Waals surface area contributed by atoms with Crippen LogP contribution in [-0.2, 0) is 6.42 Å². The van der Waals surface area contributed by atoms with Crippen molar-refractivity contribution in [1.82, 2.24) is 5.32 Å². The highest BCUT2D eigenvalue weighted by Gasteiger charge is 2.09. The Bertz CT molecular complexity index is 806. The van der Waals surface area contributed by atoms with Gasteiger partial charge in [-0.25, -0.2) is 0 Å². The van der Waals surface area contributed by atoms with Crippen molar-refractivity contribution in [2.45, 2.75) is 6.42 Å². The van der Waals surface area contributed by atoms with Crippen LogP contribution in [0.15, 0.2) is 66.7 Å². The summed E-state index contributed by atoms with van der Waals surface area (Å²) in [6.07, 6.45) is 0.751. The van der Waals surface area contributed by atoms with E-state index in [0.29, 0.717) is 12.1 Å². The summed E-state index contributed by atoms with van der Waals surface area (Å²) in [5.41, 5.74) is 1.51. The van der Waals surface area contributed by atoms with E-state index in [1.807, 2.05) is 18.2 Å². The second-order valence-electron chi connectivity index (χ2n) is 5.16. The molecular weight excluding hydrogens is 274 g/mol. The van der Waals surface area contributed by atoms with Crippen molar-refractivity contribution < 1.29 is 9.90 Å². The van der Waals surface area contributed by atoms with Gasteiger partial charge in [0.05, 0.1) is 5.56 Å². The smallest absolute Gasteiger partial charge is 0.255 e.